The fourth-order valence-electron chi connectivity index (χ4n) is 4.48. The average molecular weight is 583 g/mol. The fraction of sp³-hybridized carbons (Fsp3) is 0.444. The number of carbonyl (C=O) groups is 3. The smallest absolute Gasteiger partial charge is 0.244 e. The van der Waals surface area contributed by atoms with Gasteiger partial charge >= 0.3 is 0 Å². The van der Waals surface area contributed by atoms with Crippen LogP contribution in [0.25, 0.3) is 0 Å². The van der Waals surface area contributed by atoms with E-state index in [0.29, 0.717) is 21.2 Å². The molecule has 206 valence electrons. The molecule has 2 aromatic rings. The van der Waals surface area contributed by atoms with Crippen molar-refractivity contribution < 1.29 is 22.8 Å². The van der Waals surface area contributed by atoms with Gasteiger partial charge in [0.05, 0.1) is 22.0 Å². The van der Waals surface area contributed by atoms with Crippen molar-refractivity contribution in [1.82, 2.24) is 10.2 Å². The highest BCUT2D eigenvalue weighted by Crippen LogP contribution is 2.25. The number of amides is 2. The van der Waals surface area contributed by atoms with Gasteiger partial charge in [-0.3, -0.25) is 18.7 Å². The molecule has 8 nitrogen and oxygen atoms in total. The van der Waals surface area contributed by atoms with E-state index >= 15 is 0 Å². The van der Waals surface area contributed by atoms with Crippen LogP contribution in [0.15, 0.2) is 42.5 Å². The van der Waals surface area contributed by atoms with Gasteiger partial charge in [0.2, 0.25) is 21.8 Å². The number of hydrogen-bond donors (Lipinski definition) is 1. The highest BCUT2D eigenvalue weighted by Gasteiger charge is 2.31. The van der Waals surface area contributed by atoms with Crippen molar-refractivity contribution in [2.24, 2.45) is 0 Å². The second-order valence-corrected chi connectivity index (χ2v) is 12.4. The first-order valence-electron chi connectivity index (χ1n) is 12.5. The van der Waals surface area contributed by atoms with E-state index in [2.05, 4.69) is 5.32 Å². The minimum atomic E-state index is -3.91. The lowest BCUT2D eigenvalue weighted by Gasteiger charge is -2.33. The van der Waals surface area contributed by atoms with Gasteiger partial charge in [-0.05, 0) is 56.5 Å². The Hall–Kier alpha value is -2.62. The molecule has 2 aromatic carbocycles. The number of hydrogen-bond acceptors (Lipinski definition) is 5. The number of rotatable bonds is 10. The Morgan fingerprint density at radius 2 is 1.71 bits per heavy atom. The molecule has 3 rings (SSSR count). The normalized spacial score (nSPS) is 15.0. The molecule has 1 aliphatic carbocycles. The molecule has 0 saturated heterocycles. The Morgan fingerprint density at radius 3 is 2.32 bits per heavy atom. The predicted octanol–water partition coefficient (Wildman–Crippen LogP) is 4.83. The highest BCUT2D eigenvalue weighted by molar-refractivity contribution is 7.92. The molecule has 38 heavy (non-hydrogen) atoms. The molecule has 0 heterocycles. The van der Waals surface area contributed by atoms with Gasteiger partial charge in [-0.2, -0.15) is 0 Å². The number of nitrogens with zero attached hydrogens (tertiary/aromatic N) is 2. The summed E-state index contributed by atoms with van der Waals surface area (Å²) in [5.74, 6) is -1.13. The van der Waals surface area contributed by atoms with Gasteiger partial charge in [0.25, 0.3) is 0 Å². The predicted molar refractivity (Wildman–Crippen MR) is 150 cm³/mol. The Bertz CT molecular complexity index is 1300. The van der Waals surface area contributed by atoms with E-state index in [4.69, 9.17) is 23.2 Å². The van der Waals surface area contributed by atoms with Gasteiger partial charge in [-0.1, -0.05) is 60.7 Å². The number of halogens is 2. The summed E-state index contributed by atoms with van der Waals surface area (Å²) in [6.07, 6.45) is 5.96. The van der Waals surface area contributed by atoms with Crippen LogP contribution < -0.4 is 9.62 Å². The van der Waals surface area contributed by atoms with E-state index in [1.807, 2.05) is 0 Å². The van der Waals surface area contributed by atoms with Crippen molar-refractivity contribution in [3.8, 4) is 0 Å². The topological polar surface area (TPSA) is 104 Å². The van der Waals surface area contributed by atoms with E-state index in [0.717, 1.165) is 42.7 Å². The second-order valence-electron chi connectivity index (χ2n) is 9.67. The maximum Gasteiger partial charge on any atom is 0.244 e. The first-order chi connectivity index (χ1) is 17.9. The zero-order chi connectivity index (χ0) is 28.0. The zero-order valence-corrected chi connectivity index (χ0v) is 24.1. The monoisotopic (exact) mass is 581 g/mol. The molecule has 0 spiro atoms. The van der Waals surface area contributed by atoms with Crippen LogP contribution in [0.1, 0.15) is 61.9 Å². The van der Waals surface area contributed by atoms with E-state index in [1.165, 1.54) is 24.0 Å². The molecule has 0 aromatic heterocycles. The third-order valence-electron chi connectivity index (χ3n) is 6.68. The Morgan fingerprint density at radius 1 is 1.03 bits per heavy atom. The van der Waals surface area contributed by atoms with Gasteiger partial charge in [-0.15, -0.1) is 0 Å². The summed E-state index contributed by atoms with van der Waals surface area (Å²) in [6, 6.07) is 10.1. The number of Topliss-reactive ketones (excluding diaryl/α,β-unsaturated/α-hetero) is 1. The molecule has 0 aliphatic heterocycles. The van der Waals surface area contributed by atoms with Crippen LogP contribution in [0.5, 0.6) is 0 Å². The maximum absolute atomic E-state index is 13.7. The molecule has 1 aliphatic rings. The van der Waals surface area contributed by atoms with E-state index in [9.17, 15) is 22.8 Å². The van der Waals surface area contributed by atoms with Crippen LogP contribution in [0.3, 0.4) is 0 Å². The van der Waals surface area contributed by atoms with Crippen LogP contribution in [-0.4, -0.2) is 55.8 Å². The number of anilines is 1. The van der Waals surface area contributed by atoms with E-state index in [-0.39, 0.29) is 30.0 Å². The highest BCUT2D eigenvalue weighted by atomic mass is 35.5. The number of ketones is 1. The van der Waals surface area contributed by atoms with Gasteiger partial charge in [0.15, 0.2) is 5.78 Å². The van der Waals surface area contributed by atoms with E-state index < -0.39 is 28.5 Å². The third kappa shape index (κ3) is 7.94. The summed E-state index contributed by atoms with van der Waals surface area (Å²) < 4.78 is 26.4. The maximum atomic E-state index is 13.7. The molecular formula is C27H33Cl2N3O5S. The van der Waals surface area contributed by atoms with Crippen LogP contribution in [0.4, 0.5) is 5.69 Å². The number of carbonyl (C=O) groups excluding carboxylic acids is 3. The molecule has 11 heteroatoms. The number of benzene rings is 2. The van der Waals surface area contributed by atoms with Gasteiger partial charge in [0.1, 0.15) is 12.6 Å². The molecule has 1 saturated carbocycles. The Labute approximate surface area is 234 Å². The zero-order valence-electron chi connectivity index (χ0n) is 21.7. The standard InChI is InChI=1S/C27H33Cl2N3O5S/c1-18(27(35)30-22-9-5-4-6-10-22)31(16-20-12-13-24(28)25(29)14-20)26(34)17-32(38(3,36)37)23-11-7-8-21(15-23)19(2)33/h7-8,11-15,18,22H,4-6,9-10,16-17H2,1-3H3,(H,30,35)/t18-/m1/s1. The molecule has 1 N–H and O–H groups in total. The molecular weight excluding hydrogens is 549 g/mol. The lowest BCUT2D eigenvalue weighted by Crippen LogP contribution is -2.53. The summed E-state index contributed by atoms with van der Waals surface area (Å²) in [5, 5.41) is 3.70. The third-order valence-corrected chi connectivity index (χ3v) is 8.56. The van der Waals surface area contributed by atoms with Crippen LogP contribution >= 0.6 is 23.2 Å². The Balaban J connectivity index is 1.91. The van der Waals surface area contributed by atoms with Crippen LogP contribution in [0.2, 0.25) is 10.0 Å². The Kier molecular flexibility index (Phi) is 10.2. The molecule has 0 unspecified atom stereocenters. The minimum Gasteiger partial charge on any atom is -0.352 e. The largest absolute Gasteiger partial charge is 0.352 e. The number of nitrogens with one attached hydrogen (secondary N) is 1. The van der Waals surface area contributed by atoms with Gasteiger partial charge in [-0.25, -0.2) is 8.42 Å². The summed E-state index contributed by atoms with van der Waals surface area (Å²) >= 11 is 12.2. The summed E-state index contributed by atoms with van der Waals surface area (Å²) in [5.41, 5.74) is 1.13. The molecule has 0 bridgehead atoms. The molecule has 1 fully saturated rings. The molecule has 2 amide bonds. The summed E-state index contributed by atoms with van der Waals surface area (Å²) in [6.45, 7) is 2.46. The molecule has 1 atom stereocenters. The summed E-state index contributed by atoms with van der Waals surface area (Å²) in [4.78, 5) is 40.1. The fourth-order valence-corrected chi connectivity index (χ4v) is 5.64. The van der Waals surface area contributed by atoms with E-state index in [1.54, 1.807) is 37.3 Å². The quantitative estimate of drug-likeness (QED) is 0.405. The summed E-state index contributed by atoms with van der Waals surface area (Å²) in [7, 11) is -3.91. The SMILES string of the molecule is CC(=O)c1cccc(N(CC(=O)N(Cc2ccc(Cl)c(Cl)c2)[C@H](C)C(=O)NC2CCCCC2)S(C)(=O)=O)c1. The van der Waals surface area contributed by atoms with Crippen LogP contribution in [0, 0.1) is 0 Å². The van der Waals surface area contributed by atoms with Crippen molar-refractivity contribution in [3.63, 3.8) is 0 Å². The second kappa shape index (κ2) is 13.0. The lowest BCUT2D eigenvalue weighted by atomic mass is 9.95. The van der Waals surface area contributed by atoms with Gasteiger partial charge in [0, 0.05) is 18.2 Å². The lowest BCUT2D eigenvalue weighted by molar-refractivity contribution is -0.139. The first kappa shape index (κ1) is 29.9. The average Bonchev–Trinajstić information content (AvgIpc) is 2.87. The van der Waals surface area contributed by atoms with Crippen molar-refractivity contribution >= 4 is 56.5 Å². The number of sulfonamides is 1. The first-order valence-corrected chi connectivity index (χ1v) is 15.1. The van der Waals surface area contributed by atoms with Crippen molar-refractivity contribution in [1.29, 1.82) is 0 Å². The van der Waals surface area contributed by atoms with Crippen molar-refractivity contribution in [3.05, 3.63) is 63.6 Å². The molecule has 0 radical (unpaired) electrons. The minimum absolute atomic E-state index is 0.0140. The van der Waals surface area contributed by atoms with Crippen LogP contribution in [-0.2, 0) is 26.2 Å². The van der Waals surface area contributed by atoms with Crippen molar-refractivity contribution in [2.45, 2.75) is 64.6 Å². The van der Waals surface area contributed by atoms with Gasteiger partial charge < -0.3 is 10.2 Å². The van der Waals surface area contributed by atoms with Crippen molar-refractivity contribution in [2.75, 3.05) is 17.1 Å².